The Balaban J connectivity index is 1.52. The van der Waals surface area contributed by atoms with Crippen LogP contribution in [0, 0.1) is 96.6 Å². The fourth-order valence-corrected chi connectivity index (χ4v) is 18.2. The summed E-state index contributed by atoms with van der Waals surface area (Å²) < 4.78 is 22.1. The second kappa shape index (κ2) is 32.5. The molecule has 3 heterocycles. The van der Waals surface area contributed by atoms with Crippen LogP contribution in [0.4, 0.5) is 0 Å². The van der Waals surface area contributed by atoms with Crippen LogP contribution in [0.1, 0.15) is 204 Å². The van der Waals surface area contributed by atoms with E-state index in [1.54, 1.807) is 114 Å². The van der Waals surface area contributed by atoms with Crippen molar-refractivity contribution in [2.75, 3.05) is 20.3 Å². The van der Waals surface area contributed by atoms with Gasteiger partial charge in [-0.25, -0.2) is 15.0 Å². The number of imide groups is 1. The van der Waals surface area contributed by atoms with Crippen molar-refractivity contribution in [1.82, 2.24) is 25.2 Å². The van der Waals surface area contributed by atoms with Crippen LogP contribution in [0.25, 0.3) is 34.2 Å². The first kappa shape index (κ1) is 88.8. The van der Waals surface area contributed by atoms with Crippen LogP contribution in [0.2, 0.25) is 0 Å². The van der Waals surface area contributed by atoms with E-state index in [4.69, 9.17) is 18.9 Å². The highest BCUT2D eigenvalue weighted by molar-refractivity contribution is 6.06. The number of esters is 4. The number of aliphatic carboxylic acids is 3. The summed E-state index contributed by atoms with van der Waals surface area (Å²) in [6.45, 7) is 37.5. The van der Waals surface area contributed by atoms with E-state index in [0.717, 1.165) is 17.0 Å². The van der Waals surface area contributed by atoms with E-state index in [0.29, 0.717) is 17.7 Å². The Labute approximate surface area is 640 Å². The van der Waals surface area contributed by atoms with E-state index in [-0.39, 0.29) is 65.3 Å². The lowest BCUT2D eigenvalue weighted by Crippen LogP contribution is -2.58. The molecular formula is C83H117N5O21. The summed E-state index contributed by atoms with van der Waals surface area (Å²) in [7, 11) is 1.50. The summed E-state index contributed by atoms with van der Waals surface area (Å²) in [6, 6.07) is 14.2. The Bertz CT molecular complexity index is 4100. The van der Waals surface area contributed by atoms with E-state index in [1.807, 2.05) is 41.5 Å². The molecule has 26 heteroatoms. The van der Waals surface area contributed by atoms with E-state index in [9.17, 15) is 64.5 Å². The van der Waals surface area contributed by atoms with Crippen LogP contribution in [0.5, 0.6) is 28.7 Å². The minimum absolute atomic E-state index is 0.0237. The summed E-state index contributed by atoms with van der Waals surface area (Å²) in [5.41, 5.74) is -13.0. The maximum atomic E-state index is 16.1. The normalized spacial score (nSPS) is 19.1. The largest absolute Gasteiger partial charge is 0.508 e. The molecule has 3 aromatic carbocycles. The maximum Gasteiger partial charge on any atom is 0.321 e. The third-order valence-electron chi connectivity index (χ3n) is 22.6. The van der Waals surface area contributed by atoms with E-state index in [2.05, 4.69) is 20.3 Å². The van der Waals surface area contributed by atoms with Crippen molar-refractivity contribution in [2.24, 2.45) is 96.6 Å². The van der Waals surface area contributed by atoms with E-state index >= 15 is 19.2 Å². The van der Waals surface area contributed by atoms with Crippen molar-refractivity contribution in [2.45, 2.75) is 215 Å². The number of carbonyl (C=O) groups is 10. The Morgan fingerprint density at radius 3 is 1.55 bits per heavy atom. The number of aliphatic hydroxyl groups excluding tert-OH is 1. The number of carbonyl (C=O) groups excluding carboxylic acids is 7. The lowest BCUT2D eigenvalue weighted by molar-refractivity contribution is -0.180. The fraction of sp³-hybridized carbons (Fsp3) is 0.627. The number of phenolic OH excluding ortho intramolecular Hbond substituents is 3. The highest BCUT2D eigenvalue weighted by Crippen LogP contribution is 2.58. The van der Waals surface area contributed by atoms with Gasteiger partial charge >= 0.3 is 41.8 Å². The first-order valence-corrected chi connectivity index (χ1v) is 37.2. The molecule has 10 atom stereocenters. The van der Waals surface area contributed by atoms with Crippen LogP contribution >= 0.6 is 0 Å². The molecule has 2 saturated heterocycles. The zero-order valence-electron chi connectivity index (χ0n) is 68.0. The second-order valence-electron chi connectivity index (χ2n) is 37.2. The number of aliphatic hydroxyl groups is 1. The number of ether oxygens (including phenoxy) is 4. The third kappa shape index (κ3) is 19.6. The zero-order valence-corrected chi connectivity index (χ0v) is 68.0. The van der Waals surface area contributed by atoms with Crippen LogP contribution in [-0.2, 0) is 57.4 Å². The molecule has 600 valence electrons. The molecule has 0 saturated carbocycles. The minimum Gasteiger partial charge on any atom is -0.508 e. The number of aromatic hydroxyl groups is 3. The topological polar surface area (TPSA) is 403 Å². The number of rotatable bonds is 34. The molecule has 2 fully saturated rings. The number of amides is 3. The fourth-order valence-electron chi connectivity index (χ4n) is 18.2. The van der Waals surface area contributed by atoms with Crippen molar-refractivity contribution < 1.29 is 103 Å². The van der Waals surface area contributed by atoms with Gasteiger partial charge in [-0.1, -0.05) is 125 Å². The van der Waals surface area contributed by atoms with Crippen LogP contribution in [0.15, 0.2) is 60.7 Å². The number of likely N-dealkylation sites (tertiary alicyclic amines) is 1. The monoisotopic (exact) mass is 1520 g/mol. The van der Waals surface area contributed by atoms with Crippen LogP contribution in [-0.4, -0.2) is 147 Å². The summed E-state index contributed by atoms with van der Waals surface area (Å²) in [4.78, 5) is 163. The van der Waals surface area contributed by atoms with Gasteiger partial charge in [-0.3, -0.25) is 52.8 Å². The van der Waals surface area contributed by atoms with Gasteiger partial charge in [-0.05, 0) is 166 Å². The number of hydrogen-bond acceptors (Lipinski definition) is 21. The molecule has 10 unspecified atom stereocenters. The molecule has 2 aliphatic heterocycles. The number of aromatic nitrogens is 3. The van der Waals surface area contributed by atoms with Gasteiger partial charge in [-0.2, -0.15) is 0 Å². The number of nitrogens with one attached hydrogen (secondary N) is 1. The number of methoxy groups -OCH3 is 1. The number of cyclic esters (lactones) is 2. The molecule has 1 aromatic heterocycles. The third-order valence-corrected chi connectivity index (χ3v) is 22.6. The van der Waals surface area contributed by atoms with E-state index in [1.165, 1.54) is 59.1 Å². The average molecular weight is 1520 g/mol. The molecule has 0 aliphatic carbocycles. The number of carboxylic acids is 3. The molecule has 0 bridgehead atoms. The van der Waals surface area contributed by atoms with Gasteiger partial charge < -0.3 is 60.0 Å². The summed E-state index contributed by atoms with van der Waals surface area (Å²) >= 11 is 0. The number of nitrogens with zero attached hydrogens (tertiary/aromatic N) is 4. The first-order valence-electron chi connectivity index (χ1n) is 37.2. The standard InChI is InChI=1S/C83H117N5O21/c1-25-80(18,19)83(43-89,73(105)108-48-32-34-50(56(92)36-48)63-85-61(45-27-30-47(106-24)31-28-45)84-62(86-63)49-33-29-46(90)35-55(49)91)54(69(100)101)40-79(16,17)59-51(65(94)88(66(59)95)82(22,23)42-75(7,8)9)37-77(12,13)58(64(93)87-81(20,21)41-74(4,5)6)52(67(96)97)38-78(14,15)60(71(103)107-26-2)53(68(98)99)39-76(10,11)57-44(3)70(102)109-72(57)104/h27-36,44,51-54,57-60,89-92H,25-26,37-43H2,1-24H3,(H,87,93)(H,96,97)(H,98,99)(H,100,101). The highest BCUT2D eigenvalue weighted by atomic mass is 16.6. The van der Waals surface area contributed by atoms with Gasteiger partial charge in [0.1, 0.15) is 34.2 Å². The Morgan fingerprint density at radius 2 is 1.09 bits per heavy atom. The summed E-state index contributed by atoms with van der Waals surface area (Å²) in [5.74, 6) is -25.8. The van der Waals surface area contributed by atoms with Gasteiger partial charge in [0, 0.05) is 28.8 Å². The predicted octanol–water partition coefficient (Wildman–Crippen LogP) is 13.4. The number of hydrogen-bond donors (Lipinski definition) is 8. The van der Waals surface area contributed by atoms with Gasteiger partial charge in [0.25, 0.3) is 0 Å². The van der Waals surface area contributed by atoms with Gasteiger partial charge in [-0.15, -0.1) is 0 Å². The van der Waals surface area contributed by atoms with Gasteiger partial charge in [0.05, 0.1) is 84.7 Å². The summed E-state index contributed by atoms with van der Waals surface area (Å²) in [5, 5.41) is 83.0. The van der Waals surface area contributed by atoms with Crippen molar-refractivity contribution in [3.05, 3.63) is 60.7 Å². The maximum absolute atomic E-state index is 16.1. The van der Waals surface area contributed by atoms with Crippen molar-refractivity contribution in [3.8, 4) is 62.9 Å². The lowest BCUT2D eigenvalue weighted by Gasteiger charge is -2.49. The number of phenols is 3. The predicted molar refractivity (Wildman–Crippen MR) is 405 cm³/mol. The van der Waals surface area contributed by atoms with Gasteiger partial charge in [0.15, 0.2) is 17.5 Å². The van der Waals surface area contributed by atoms with Crippen LogP contribution in [0.3, 0.4) is 0 Å². The molecule has 109 heavy (non-hydrogen) atoms. The van der Waals surface area contributed by atoms with Crippen LogP contribution < -0.4 is 14.8 Å². The smallest absolute Gasteiger partial charge is 0.321 e. The van der Waals surface area contributed by atoms with Crippen molar-refractivity contribution >= 4 is 59.5 Å². The molecular weight excluding hydrogens is 1400 g/mol. The second-order valence-corrected chi connectivity index (χ2v) is 37.2. The molecule has 3 amide bonds. The molecule has 0 radical (unpaired) electrons. The van der Waals surface area contributed by atoms with Gasteiger partial charge in [0.2, 0.25) is 17.7 Å². The Morgan fingerprint density at radius 1 is 0.587 bits per heavy atom. The first-order chi connectivity index (χ1) is 49.8. The van der Waals surface area contributed by atoms with Crippen molar-refractivity contribution in [3.63, 3.8) is 0 Å². The summed E-state index contributed by atoms with van der Waals surface area (Å²) in [6.07, 6.45) is -1.40. The zero-order chi connectivity index (χ0) is 83.0. The quantitative estimate of drug-likeness (QED) is 0.00932. The molecule has 8 N–H and O–H groups in total. The molecule has 0 spiro atoms. The molecule has 2 aliphatic rings. The molecule has 6 rings (SSSR count). The number of carboxylic acid groups (broad SMARTS) is 3. The van der Waals surface area contributed by atoms with Crippen molar-refractivity contribution in [1.29, 1.82) is 0 Å². The SMILES string of the molecule is CCOC(=O)C(C(CC(C)(C)C1C(=O)OC(=O)C1C)C(=O)O)C(C)(C)CC(C(=O)O)C(C(=O)NC(C)(C)CC(C)(C)C)C(C)(C)CC1C(=O)N(C(C)(C)CC(C)(C)C)C(=O)C1C(C)(C)CC(C(=O)O)C(CO)(C(=O)Oc1ccc(-c2nc(-c3ccc(OC)cc3)nc(-c3ccc(O)cc3O)n2)c(O)c1)C(C)(C)CC. The Hall–Kier alpha value is -9.07. The van der Waals surface area contributed by atoms with E-state index < -0.39 is 205 Å². The minimum atomic E-state index is -2.41. The lowest BCUT2D eigenvalue weighted by atomic mass is 9.53. The average Bonchev–Trinajstić information content (AvgIpc) is 1.60. The molecule has 4 aromatic rings. The Kier molecular flexibility index (Phi) is 26.5. The molecule has 26 nitrogen and oxygen atoms in total. The highest BCUT2D eigenvalue weighted by Gasteiger charge is 2.65. The number of benzene rings is 3.